The fourth-order valence-electron chi connectivity index (χ4n) is 5.86. The maximum Gasteiger partial charge on any atom is 0.0547 e. The van der Waals surface area contributed by atoms with Gasteiger partial charge in [0.1, 0.15) is 0 Å². The molecule has 0 spiro atoms. The van der Waals surface area contributed by atoms with Gasteiger partial charge in [-0.1, -0.05) is 103 Å². The van der Waals surface area contributed by atoms with Crippen LogP contribution in [0.15, 0.2) is 138 Å². The molecule has 2 heterocycles. The quantitative estimate of drug-likeness (QED) is 0.196. The standard InChI is InChI=1S/C36H22BrNS/c37-32-14-7-13-31-30-12-6-11-27(35(30)39-36(31)32)24-18-16-23(17-19-24)25-20-21-29-28-10-4-5-15-33(28)38(34(29)22-25)26-8-2-1-3-9-26/h1-22H. The van der Waals surface area contributed by atoms with E-state index in [0.29, 0.717) is 0 Å². The van der Waals surface area contributed by atoms with Gasteiger partial charge >= 0.3 is 0 Å². The van der Waals surface area contributed by atoms with Crippen LogP contribution in [-0.4, -0.2) is 4.57 Å². The first-order valence-corrected chi connectivity index (χ1v) is 14.7. The fourth-order valence-corrected chi connectivity index (χ4v) is 7.71. The molecule has 0 radical (unpaired) electrons. The molecule has 2 aromatic heterocycles. The number of hydrogen-bond donors (Lipinski definition) is 0. The van der Waals surface area contributed by atoms with E-state index >= 15 is 0 Å². The molecule has 8 aromatic rings. The number of hydrogen-bond acceptors (Lipinski definition) is 1. The predicted molar refractivity (Wildman–Crippen MR) is 172 cm³/mol. The van der Waals surface area contributed by atoms with E-state index in [0.717, 1.165) is 4.47 Å². The summed E-state index contributed by atoms with van der Waals surface area (Å²) >= 11 is 5.61. The van der Waals surface area contributed by atoms with Crippen molar-refractivity contribution in [3.05, 3.63) is 138 Å². The van der Waals surface area contributed by atoms with Crippen LogP contribution in [-0.2, 0) is 0 Å². The first kappa shape index (κ1) is 22.8. The Morgan fingerprint density at radius 2 is 1.10 bits per heavy atom. The molecule has 39 heavy (non-hydrogen) atoms. The Morgan fingerprint density at radius 1 is 0.462 bits per heavy atom. The van der Waals surface area contributed by atoms with Crippen LogP contribution in [0.5, 0.6) is 0 Å². The number of aromatic nitrogens is 1. The molecule has 0 atom stereocenters. The number of para-hydroxylation sites is 2. The van der Waals surface area contributed by atoms with E-state index < -0.39 is 0 Å². The van der Waals surface area contributed by atoms with Crippen LogP contribution in [0.3, 0.4) is 0 Å². The molecular formula is C36H22BrNS. The van der Waals surface area contributed by atoms with Gasteiger partial charge in [0.25, 0.3) is 0 Å². The van der Waals surface area contributed by atoms with Crippen molar-refractivity contribution in [1.29, 1.82) is 0 Å². The van der Waals surface area contributed by atoms with Gasteiger partial charge in [0.05, 0.1) is 11.0 Å². The van der Waals surface area contributed by atoms with Crippen LogP contribution in [0.2, 0.25) is 0 Å². The Balaban J connectivity index is 1.26. The summed E-state index contributed by atoms with van der Waals surface area (Å²) in [7, 11) is 0. The number of fused-ring (bicyclic) bond motifs is 6. The molecule has 0 bridgehead atoms. The van der Waals surface area contributed by atoms with Crippen LogP contribution in [0.1, 0.15) is 0 Å². The zero-order valence-corrected chi connectivity index (χ0v) is 23.3. The maximum absolute atomic E-state index is 3.75. The summed E-state index contributed by atoms with van der Waals surface area (Å²) in [5, 5.41) is 5.18. The number of halogens is 1. The second kappa shape index (κ2) is 8.94. The second-order valence-electron chi connectivity index (χ2n) is 9.90. The van der Waals surface area contributed by atoms with E-state index in [1.165, 1.54) is 69.9 Å². The van der Waals surface area contributed by atoms with E-state index in [2.05, 4.69) is 154 Å². The summed E-state index contributed by atoms with van der Waals surface area (Å²) in [6, 6.07) is 48.3. The van der Waals surface area contributed by atoms with Crippen molar-refractivity contribution < 1.29 is 0 Å². The fraction of sp³-hybridized carbons (Fsp3) is 0. The maximum atomic E-state index is 3.75. The average Bonchev–Trinajstić information content (AvgIpc) is 3.54. The Bertz CT molecular complexity index is 2170. The van der Waals surface area contributed by atoms with Crippen LogP contribution in [0, 0.1) is 0 Å². The topological polar surface area (TPSA) is 4.93 Å². The van der Waals surface area contributed by atoms with Gasteiger partial charge in [-0.2, -0.15) is 0 Å². The molecule has 0 unspecified atom stereocenters. The third kappa shape index (κ3) is 3.58. The molecule has 0 N–H and O–H groups in total. The van der Waals surface area contributed by atoms with Gasteiger partial charge in [-0.25, -0.2) is 0 Å². The predicted octanol–water partition coefficient (Wildman–Crippen LogP) is 11.2. The highest BCUT2D eigenvalue weighted by Gasteiger charge is 2.14. The Labute approximate surface area is 238 Å². The zero-order valence-electron chi connectivity index (χ0n) is 20.9. The summed E-state index contributed by atoms with van der Waals surface area (Å²) in [4.78, 5) is 0. The molecular weight excluding hydrogens is 558 g/mol. The average molecular weight is 581 g/mol. The minimum absolute atomic E-state index is 1.16. The second-order valence-corrected chi connectivity index (χ2v) is 11.8. The third-order valence-electron chi connectivity index (χ3n) is 7.69. The van der Waals surface area contributed by atoms with E-state index in [4.69, 9.17) is 0 Å². The minimum Gasteiger partial charge on any atom is -0.309 e. The Hall–Kier alpha value is -4.18. The highest BCUT2D eigenvalue weighted by molar-refractivity contribution is 9.10. The smallest absolute Gasteiger partial charge is 0.0547 e. The van der Waals surface area contributed by atoms with E-state index in [-0.39, 0.29) is 0 Å². The summed E-state index contributed by atoms with van der Waals surface area (Å²) in [5.74, 6) is 0. The van der Waals surface area contributed by atoms with Gasteiger partial charge in [0, 0.05) is 41.1 Å². The lowest BCUT2D eigenvalue weighted by atomic mass is 9.98. The first-order valence-electron chi connectivity index (χ1n) is 13.1. The molecule has 0 saturated carbocycles. The van der Waals surface area contributed by atoms with Crippen LogP contribution >= 0.6 is 27.3 Å². The molecule has 0 fully saturated rings. The van der Waals surface area contributed by atoms with Crippen molar-refractivity contribution >= 4 is 69.2 Å². The third-order valence-corrected chi connectivity index (χ3v) is 9.90. The first-order chi connectivity index (χ1) is 19.3. The largest absolute Gasteiger partial charge is 0.309 e. The SMILES string of the molecule is Brc1cccc2c1sc1c(-c3ccc(-c4ccc5c6ccccc6n(-c6ccccc6)c5c4)cc3)cccc12. The lowest BCUT2D eigenvalue weighted by molar-refractivity contribution is 1.18. The number of rotatable bonds is 3. The summed E-state index contributed by atoms with van der Waals surface area (Å²) in [6.07, 6.45) is 0. The lowest BCUT2D eigenvalue weighted by Crippen LogP contribution is -1.93. The van der Waals surface area contributed by atoms with Gasteiger partial charge in [0.15, 0.2) is 0 Å². The number of nitrogens with zero attached hydrogens (tertiary/aromatic N) is 1. The molecule has 0 aliphatic rings. The Kier molecular flexibility index (Phi) is 5.22. The molecule has 0 aliphatic carbocycles. The van der Waals surface area contributed by atoms with Crippen LogP contribution < -0.4 is 0 Å². The minimum atomic E-state index is 1.16. The van der Waals surface area contributed by atoms with E-state index in [1.54, 1.807) is 0 Å². The van der Waals surface area contributed by atoms with Gasteiger partial charge in [0.2, 0.25) is 0 Å². The highest BCUT2D eigenvalue weighted by Crippen LogP contribution is 2.43. The van der Waals surface area contributed by atoms with Gasteiger partial charge in [-0.3, -0.25) is 0 Å². The van der Waals surface area contributed by atoms with Gasteiger partial charge in [-0.05, 0) is 68.5 Å². The molecule has 3 heteroatoms. The molecule has 6 aromatic carbocycles. The molecule has 0 aliphatic heterocycles. The van der Waals surface area contributed by atoms with Crippen molar-refractivity contribution in [2.75, 3.05) is 0 Å². The number of benzene rings is 6. The summed E-state index contributed by atoms with van der Waals surface area (Å²) < 4.78 is 6.17. The number of thiophene rings is 1. The highest BCUT2D eigenvalue weighted by atomic mass is 79.9. The zero-order chi connectivity index (χ0) is 25.9. The lowest BCUT2D eigenvalue weighted by Gasteiger charge is -2.09. The monoisotopic (exact) mass is 579 g/mol. The van der Waals surface area contributed by atoms with Crippen LogP contribution in [0.25, 0.3) is 69.9 Å². The molecule has 0 amide bonds. The summed E-state index contributed by atoms with van der Waals surface area (Å²) in [6.45, 7) is 0. The van der Waals surface area contributed by atoms with Crippen molar-refractivity contribution in [1.82, 2.24) is 4.57 Å². The van der Waals surface area contributed by atoms with Gasteiger partial charge in [-0.15, -0.1) is 11.3 Å². The van der Waals surface area contributed by atoms with Gasteiger partial charge < -0.3 is 4.57 Å². The molecule has 184 valence electrons. The molecule has 1 nitrogen and oxygen atoms in total. The van der Waals surface area contributed by atoms with E-state index in [1.807, 2.05) is 11.3 Å². The van der Waals surface area contributed by atoms with Crippen molar-refractivity contribution in [3.8, 4) is 27.9 Å². The van der Waals surface area contributed by atoms with Crippen molar-refractivity contribution in [2.24, 2.45) is 0 Å². The molecule has 8 rings (SSSR count). The van der Waals surface area contributed by atoms with Crippen molar-refractivity contribution in [2.45, 2.75) is 0 Å². The normalized spacial score (nSPS) is 11.7. The van der Waals surface area contributed by atoms with Crippen LogP contribution in [0.4, 0.5) is 0 Å². The van der Waals surface area contributed by atoms with Crippen molar-refractivity contribution in [3.63, 3.8) is 0 Å². The Morgan fingerprint density at radius 3 is 1.95 bits per heavy atom. The summed E-state index contributed by atoms with van der Waals surface area (Å²) in [5.41, 5.74) is 8.60. The van der Waals surface area contributed by atoms with E-state index in [9.17, 15) is 0 Å². The molecule has 0 saturated heterocycles.